The first kappa shape index (κ1) is 103. The van der Waals surface area contributed by atoms with E-state index in [9.17, 15) is 77.0 Å². The van der Waals surface area contributed by atoms with Crippen LogP contribution in [0.15, 0.2) is 219 Å². The molecule has 0 aliphatic carbocycles. The third kappa shape index (κ3) is 23.4. The topological polar surface area (TPSA) is 292 Å². The number of nitrogens with one attached hydrogen (secondary N) is 8. The van der Waals surface area contributed by atoms with Gasteiger partial charge >= 0.3 is 0 Å². The van der Waals surface area contributed by atoms with E-state index in [4.69, 9.17) is 18.9 Å². The summed E-state index contributed by atoms with van der Waals surface area (Å²) in [4.78, 5) is 80.7. The van der Waals surface area contributed by atoms with Gasteiger partial charge in [0.05, 0.1) is 40.6 Å². The third-order valence-corrected chi connectivity index (χ3v) is 22.8. The van der Waals surface area contributed by atoms with Crippen molar-refractivity contribution in [2.45, 2.75) is 74.8 Å². The number of H-pyrrole nitrogens is 4. The molecule has 8 heterocycles. The van der Waals surface area contributed by atoms with Crippen LogP contribution in [-0.2, 0) is 19.2 Å². The van der Waals surface area contributed by atoms with Crippen LogP contribution in [0.2, 0.25) is 0 Å². The molecule has 0 spiro atoms. The summed E-state index contributed by atoms with van der Waals surface area (Å²) in [6, 6.07) is 26.8. The average Bonchev–Trinajstić information content (AvgIpc) is 1.67. The van der Waals surface area contributed by atoms with Gasteiger partial charge in [-0.05, 0) is 216 Å². The summed E-state index contributed by atoms with van der Waals surface area (Å²) in [6.07, 6.45) is 20.1. The second-order valence-corrected chi connectivity index (χ2v) is 35.1. The van der Waals surface area contributed by atoms with Gasteiger partial charge in [-0.2, -0.15) is 0 Å². The zero-order chi connectivity index (χ0) is 103. The van der Waals surface area contributed by atoms with Gasteiger partial charge in [-0.1, -0.05) is 45.6 Å². The molecule has 0 atom stereocenters. The van der Waals surface area contributed by atoms with Crippen molar-refractivity contribution in [1.29, 1.82) is 0 Å². The van der Waals surface area contributed by atoms with Crippen molar-refractivity contribution in [3.8, 4) is 112 Å². The predicted octanol–water partition coefficient (Wildman–Crippen LogP) is 24.6. The lowest BCUT2D eigenvalue weighted by Gasteiger charge is -2.23. The molecule has 16 aromatic rings. The van der Waals surface area contributed by atoms with Gasteiger partial charge in [-0.15, -0.1) is 0 Å². The summed E-state index contributed by atoms with van der Waals surface area (Å²) in [7, 11) is 8.97. The fraction of sp³-hybridized carbons (Fsp3) is 0.185. The van der Waals surface area contributed by atoms with Crippen LogP contribution in [0.25, 0.3) is 139 Å². The van der Waals surface area contributed by atoms with Gasteiger partial charge in [0.2, 0.25) is 17.7 Å². The molecule has 8 aromatic heterocycles. The Labute approximate surface area is 807 Å². The number of aliphatic hydroxyl groups excluding tert-OH is 1. The number of carbonyl (C=O) groups is 4. The zero-order valence-corrected chi connectivity index (χ0v) is 79.7. The van der Waals surface area contributed by atoms with E-state index in [1.807, 2.05) is 45.8 Å². The van der Waals surface area contributed by atoms with Crippen LogP contribution < -0.4 is 40.2 Å². The highest BCUT2D eigenvalue weighted by Crippen LogP contribution is 2.46. The number of methoxy groups -OCH3 is 4. The van der Waals surface area contributed by atoms with Gasteiger partial charge in [0.25, 0.3) is 5.91 Å². The van der Waals surface area contributed by atoms with Crippen molar-refractivity contribution in [1.82, 2.24) is 50.1 Å². The van der Waals surface area contributed by atoms with E-state index in [1.54, 1.807) is 140 Å². The van der Waals surface area contributed by atoms with Crippen LogP contribution in [-0.4, -0.2) is 135 Å². The van der Waals surface area contributed by atoms with Crippen molar-refractivity contribution >= 4 is 90.9 Å². The van der Waals surface area contributed by atoms with Crippen LogP contribution in [0.1, 0.15) is 70.7 Å². The molecule has 0 saturated carbocycles. The Morgan fingerprint density at radius 3 is 1.04 bits per heavy atom. The minimum atomic E-state index is -0.844. The van der Waals surface area contributed by atoms with Crippen molar-refractivity contribution in [2.75, 3.05) is 71.6 Å². The van der Waals surface area contributed by atoms with E-state index in [2.05, 4.69) is 67.7 Å². The van der Waals surface area contributed by atoms with Crippen molar-refractivity contribution in [3.63, 3.8) is 0 Å². The Balaban J connectivity index is 0.000000159. The Kier molecular flexibility index (Phi) is 31.5. The highest BCUT2D eigenvalue weighted by atomic mass is 19.2. The van der Waals surface area contributed by atoms with Crippen molar-refractivity contribution < 1.29 is 95.9 Å². The number of pyridine rings is 4. The summed E-state index contributed by atoms with van der Waals surface area (Å²) in [6.45, 7) is 21.7. The molecular weight excluding hydrogens is 1850 g/mol. The maximum Gasteiger partial charge on any atom is 0.251 e. The van der Waals surface area contributed by atoms with Crippen LogP contribution in [0.3, 0.4) is 0 Å². The molecule has 16 rings (SSSR count). The number of ether oxygens (including phenoxy) is 4. The minimum absolute atomic E-state index is 0.0988. The van der Waals surface area contributed by atoms with E-state index in [0.717, 1.165) is 36.4 Å². The average molecular weight is 1950 g/mol. The fourth-order valence-electron chi connectivity index (χ4n) is 16.0. The largest absolute Gasteiger partial charge is 0.493 e. The molecule has 9 N–H and O–H groups in total. The number of allylic oxidation sites excluding steroid dienone is 1. The number of hydrogen-bond acceptors (Lipinski definition) is 14. The second-order valence-electron chi connectivity index (χ2n) is 35.1. The third-order valence-electron chi connectivity index (χ3n) is 22.8. The molecule has 4 amide bonds. The Morgan fingerprint density at radius 1 is 0.401 bits per heavy atom. The molecule has 34 heteroatoms. The normalized spacial score (nSPS) is 11.7. The first-order valence-corrected chi connectivity index (χ1v) is 43.8. The molecule has 8 aromatic carbocycles. The highest BCUT2D eigenvalue weighted by Gasteiger charge is 2.28. The van der Waals surface area contributed by atoms with Gasteiger partial charge in [-0.25, -0.2) is 72.6 Å². The van der Waals surface area contributed by atoms with E-state index >= 15 is 0 Å². The van der Waals surface area contributed by atoms with Gasteiger partial charge in [-0.3, -0.25) is 19.2 Å². The number of carbonyl (C=O) groups excluding carboxylic acids is 4. The maximum atomic E-state index is 14.9. The molecule has 0 aliphatic rings. The Hall–Kier alpha value is -16.4. The molecule has 0 fully saturated rings. The molecule has 22 nitrogen and oxygen atoms in total. The Bertz CT molecular complexity index is 7720. The van der Waals surface area contributed by atoms with Gasteiger partial charge in [0.15, 0.2) is 46.3 Å². The van der Waals surface area contributed by atoms with E-state index in [1.165, 1.54) is 101 Å². The molecule has 0 aliphatic heterocycles. The van der Waals surface area contributed by atoms with Gasteiger partial charge < -0.3 is 70.2 Å². The Morgan fingerprint density at radius 2 is 0.718 bits per heavy atom. The lowest BCUT2D eigenvalue weighted by molar-refractivity contribution is -0.119. The smallest absolute Gasteiger partial charge is 0.251 e. The molecule has 0 bridgehead atoms. The van der Waals surface area contributed by atoms with Crippen LogP contribution in [0.4, 0.5) is 69.7 Å². The SMILES string of the molecule is C=CC(=O)Nc1cc(F)cc(-c2cnc3[nH]cc(-c4cc(F)cc(F)c4OC)c3c2)c1C.COc1c(F)cc(F)cc1-c1c[nH]c2ncc(-c3cc(/C=C(\C)C(=O)NC(C)(C)CO)ccc3F)cc12.COc1c(F)cc(F)cc1-c1c[nH]c2ncc(-c3cc(F)cc(NC(=O)/C(C)=C/C(C)(C)C)c3C)cc12.COc1c(F)cc(F)cc1-c1c[nH]c2ncc(-c3cc(F)cc(NC(=O)/C=C/CN(C)C)c3C)cc12. The quantitative estimate of drug-likeness (QED) is 0.0201. The lowest BCUT2D eigenvalue weighted by Crippen LogP contribution is -2.46. The molecule has 142 heavy (non-hydrogen) atoms. The molecular formula is C108H97F12N13O9. The summed E-state index contributed by atoms with van der Waals surface area (Å²) >= 11 is 0. The van der Waals surface area contributed by atoms with Gasteiger partial charge in [0, 0.05) is 209 Å². The van der Waals surface area contributed by atoms with Crippen molar-refractivity contribution in [2.24, 2.45) is 5.41 Å². The van der Waals surface area contributed by atoms with Gasteiger partial charge in [0.1, 0.15) is 69.1 Å². The summed E-state index contributed by atoms with van der Waals surface area (Å²) in [5.74, 6) is -10.4. The molecule has 0 saturated heterocycles. The number of hydrogen-bond donors (Lipinski definition) is 9. The number of fused-ring (bicyclic) bond motifs is 4. The minimum Gasteiger partial charge on any atom is -0.493 e. The summed E-state index contributed by atoms with van der Waals surface area (Å²) in [5.41, 5.74) is 11.8. The fourth-order valence-corrected chi connectivity index (χ4v) is 16.0. The first-order valence-electron chi connectivity index (χ1n) is 43.8. The van der Waals surface area contributed by atoms with E-state index in [0.29, 0.717) is 162 Å². The second kappa shape index (κ2) is 43.4. The predicted molar refractivity (Wildman–Crippen MR) is 528 cm³/mol. The first-order chi connectivity index (χ1) is 67.4. The summed E-state index contributed by atoms with van der Waals surface area (Å²) < 4.78 is 193. The van der Waals surface area contributed by atoms with Crippen LogP contribution in [0, 0.1) is 96.0 Å². The molecule has 732 valence electrons. The number of halogens is 12. The summed E-state index contributed by atoms with van der Waals surface area (Å²) in [5, 5.41) is 22.4. The number of amides is 4. The monoisotopic (exact) mass is 1950 g/mol. The van der Waals surface area contributed by atoms with E-state index < -0.39 is 81.3 Å². The standard InChI is InChI=1S/C29H28F3N3O2.C28H26F3N3O3.C27H25F3N4O2.C24H18F3N3O2/c1-15(12-29(3,4)5)28(36)35-25-11-19(31)8-20(16(25)2)17-7-22-23(14-34-27(22)33-13-17)21-9-18(30)10-24(32)26(21)37-6;1-15(27(36)34-28(2,3)14-35)7-16-5-6-23(30)19(8-16)17-9-21-22(13-33-26(21)32-12-17)20-10-18(29)11-24(31)25(20)37-4;1-15-19(9-18(29)12-24(15)33-25(35)6-5-7-34(2)3)16-8-21-22(14-32-27(21)31-13-16)20-10-17(28)11-23(30)26(20)36-4;1-4-22(31)30-21-9-15(26)6-16(12(21)2)13-5-18-19(11-29-24(18)28-10-13)17-7-14(25)8-20(27)23(17)32-3/h7-14H,1-6H3,(H,33,34)(H,35,36);5-13,35H,14H2,1-4H3,(H,32,33)(H,34,36);5-6,8-14H,7H2,1-4H3,(H,31,32)(H,33,35);4-11H,1H2,2-3H3,(H,28,29)(H,30,31)/b15-12+;15-7+;6-5+;. The number of likely N-dealkylation sites (N-methyl/N-ethyl adjacent to an activating group) is 1. The zero-order valence-electron chi connectivity index (χ0n) is 79.7. The number of anilines is 3. The van der Waals surface area contributed by atoms with E-state index in [-0.39, 0.29) is 80.6 Å². The number of aromatic amines is 4. The number of nitrogens with zero attached hydrogens (tertiary/aromatic N) is 5. The number of aromatic nitrogens is 8. The number of aliphatic hydroxyl groups is 1. The number of benzene rings is 8. The highest BCUT2D eigenvalue weighted by molar-refractivity contribution is 6.07. The number of rotatable bonds is 24. The molecule has 0 unspecified atom stereocenters. The van der Waals surface area contributed by atoms with Crippen molar-refractivity contribution in [3.05, 3.63) is 311 Å². The maximum absolute atomic E-state index is 14.9. The molecule has 0 radical (unpaired) electrons. The lowest BCUT2D eigenvalue weighted by atomic mass is 9.93. The van der Waals surface area contributed by atoms with Crippen LogP contribution in [0.5, 0.6) is 23.0 Å². The van der Waals surface area contributed by atoms with Crippen LogP contribution >= 0.6 is 0 Å².